The fourth-order valence-corrected chi connectivity index (χ4v) is 2.08. The molecule has 0 aliphatic rings. The van der Waals surface area contributed by atoms with E-state index in [1.54, 1.807) is 0 Å². The van der Waals surface area contributed by atoms with Crippen LogP contribution in [-0.4, -0.2) is 30.0 Å². The van der Waals surface area contributed by atoms with E-state index in [0.29, 0.717) is 12.4 Å². The largest absolute Gasteiger partial charge is 0.363 e. The molecule has 1 N–H and O–H groups in total. The van der Waals surface area contributed by atoms with Gasteiger partial charge in [0.1, 0.15) is 11.6 Å². The van der Waals surface area contributed by atoms with Gasteiger partial charge in [0.2, 0.25) is 5.91 Å². The molecule has 0 spiro atoms. The molecule has 0 bridgehead atoms. The van der Waals surface area contributed by atoms with Crippen LogP contribution in [0.25, 0.3) is 6.08 Å². The van der Waals surface area contributed by atoms with E-state index in [1.807, 2.05) is 69.3 Å². The first kappa shape index (κ1) is 16.7. The van der Waals surface area contributed by atoms with Crippen LogP contribution in [0.4, 0.5) is 5.82 Å². The number of aromatic nitrogens is 2. The minimum atomic E-state index is -0.162. The molecule has 1 heterocycles. The number of anilines is 1. The van der Waals surface area contributed by atoms with E-state index in [0.717, 1.165) is 22.6 Å². The summed E-state index contributed by atoms with van der Waals surface area (Å²) in [6.07, 6.45) is 3.35. The third-order valence-corrected chi connectivity index (χ3v) is 3.37. The van der Waals surface area contributed by atoms with Crippen molar-refractivity contribution in [2.75, 3.05) is 19.0 Å². The fraction of sp³-hybridized carbons (Fsp3) is 0.278. The lowest BCUT2D eigenvalue weighted by Gasteiger charge is -2.13. The molecule has 1 aromatic carbocycles. The molecule has 2 rings (SSSR count). The Morgan fingerprint density at radius 1 is 1.22 bits per heavy atom. The van der Waals surface area contributed by atoms with Crippen LogP contribution in [0.5, 0.6) is 0 Å². The van der Waals surface area contributed by atoms with Crippen LogP contribution in [0.2, 0.25) is 0 Å². The summed E-state index contributed by atoms with van der Waals surface area (Å²) in [5, 5.41) is 2.81. The third-order valence-electron chi connectivity index (χ3n) is 3.37. The molecule has 1 amide bonds. The lowest BCUT2D eigenvalue weighted by Crippen LogP contribution is -2.23. The number of benzene rings is 1. The number of carbonyl (C=O) groups is 1. The summed E-state index contributed by atoms with van der Waals surface area (Å²) in [5.74, 6) is 1.27. The zero-order chi connectivity index (χ0) is 16.8. The molecule has 0 aliphatic heterocycles. The number of nitrogens with one attached hydrogen (secondary N) is 1. The molecule has 1 aromatic heterocycles. The van der Waals surface area contributed by atoms with Gasteiger partial charge in [-0.1, -0.05) is 24.3 Å². The van der Waals surface area contributed by atoms with Crippen LogP contribution in [0.3, 0.4) is 0 Å². The SMILES string of the molecule is Cc1cc(N(C)C)nc(CNC(=O)/C=C/c2ccccc2C)n1. The van der Waals surface area contributed by atoms with Gasteiger partial charge in [-0.2, -0.15) is 0 Å². The molecule has 0 saturated heterocycles. The molecule has 0 unspecified atom stereocenters. The van der Waals surface area contributed by atoms with Crippen LogP contribution in [0.15, 0.2) is 36.4 Å². The van der Waals surface area contributed by atoms with Gasteiger partial charge in [-0.05, 0) is 31.1 Å². The van der Waals surface area contributed by atoms with Crippen molar-refractivity contribution >= 4 is 17.8 Å². The highest BCUT2D eigenvalue weighted by Gasteiger charge is 2.05. The van der Waals surface area contributed by atoms with Crippen LogP contribution in [-0.2, 0) is 11.3 Å². The summed E-state index contributed by atoms with van der Waals surface area (Å²) >= 11 is 0. The third kappa shape index (κ3) is 4.92. The summed E-state index contributed by atoms with van der Waals surface area (Å²) in [4.78, 5) is 22.6. The maximum absolute atomic E-state index is 11.9. The average molecular weight is 310 g/mol. The van der Waals surface area contributed by atoms with Gasteiger partial charge >= 0.3 is 0 Å². The highest BCUT2D eigenvalue weighted by atomic mass is 16.1. The van der Waals surface area contributed by atoms with Gasteiger partial charge in [0.25, 0.3) is 0 Å². The lowest BCUT2D eigenvalue weighted by molar-refractivity contribution is -0.116. The number of hydrogen-bond acceptors (Lipinski definition) is 4. The highest BCUT2D eigenvalue weighted by molar-refractivity contribution is 5.91. The van der Waals surface area contributed by atoms with Gasteiger partial charge in [0.05, 0.1) is 6.54 Å². The van der Waals surface area contributed by atoms with Gasteiger partial charge < -0.3 is 10.2 Å². The number of rotatable bonds is 5. The Hall–Kier alpha value is -2.69. The molecule has 120 valence electrons. The summed E-state index contributed by atoms with van der Waals surface area (Å²) in [6, 6.07) is 9.83. The molecule has 0 fully saturated rings. The van der Waals surface area contributed by atoms with Crippen molar-refractivity contribution in [2.45, 2.75) is 20.4 Å². The Morgan fingerprint density at radius 2 is 1.96 bits per heavy atom. The first-order valence-corrected chi connectivity index (χ1v) is 7.49. The number of hydrogen-bond donors (Lipinski definition) is 1. The molecule has 5 heteroatoms. The van der Waals surface area contributed by atoms with Crippen LogP contribution in [0, 0.1) is 13.8 Å². The molecule has 0 aliphatic carbocycles. The molecule has 0 atom stereocenters. The topological polar surface area (TPSA) is 58.1 Å². The summed E-state index contributed by atoms with van der Waals surface area (Å²) in [7, 11) is 3.85. The van der Waals surface area contributed by atoms with Gasteiger partial charge in [-0.25, -0.2) is 9.97 Å². The van der Waals surface area contributed by atoms with Crippen LogP contribution < -0.4 is 10.2 Å². The van der Waals surface area contributed by atoms with E-state index in [4.69, 9.17) is 0 Å². The maximum Gasteiger partial charge on any atom is 0.244 e. The zero-order valence-electron chi connectivity index (χ0n) is 14.0. The summed E-state index contributed by atoms with van der Waals surface area (Å²) in [6.45, 7) is 4.23. The van der Waals surface area contributed by atoms with Gasteiger partial charge in [0.15, 0.2) is 0 Å². The summed E-state index contributed by atoms with van der Waals surface area (Å²) < 4.78 is 0. The van der Waals surface area contributed by atoms with Crippen molar-refractivity contribution in [1.29, 1.82) is 0 Å². The first-order chi connectivity index (χ1) is 11.0. The minimum Gasteiger partial charge on any atom is -0.363 e. The summed E-state index contributed by atoms with van der Waals surface area (Å²) in [5.41, 5.74) is 3.04. The standard InChI is InChI=1S/C18H22N4O/c1-13-7-5-6-8-15(13)9-10-18(23)19-12-16-20-14(2)11-17(21-16)22(3)4/h5-11H,12H2,1-4H3,(H,19,23)/b10-9+. The van der Waals surface area contributed by atoms with Gasteiger partial charge in [-0.15, -0.1) is 0 Å². The quantitative estimate of drug-likeness (QED) is 0.862. The van der Waals surface area contributed by atoms with Crippen molar-refractivity contribution in [3.8, 4) is 0 Å². The fourth-order valence-electron chi connectivity index (χ4n) is 2.08. The zero-order valence-corrected chi connectivity index (χ0v) is 14.0. The predicted octanol–water partition coefficient (Wildman–Crippen LogP) is 2.49. The molecular formula is C18H22N4O. The highest BCUT2D eigenvalue weighted by Crippen LogP contribution is 2.10. The number of carbonyl (C=O) groups excluding carboxylic acids is 1. The Bertz CT molecular complexity index is 723. The Balaban J connectivity index is 1.98. The van der Waals surface area contributed by atoms with Crippen molar-refractivity contribution in [3.05, 3.63) is 59.1 Å². The first-order valence-electron chi connectivity index (χ1n) is 7.49. The van der Waals surface area contributed by atoms with Crippen molar-refractivity contribution in [2.24, 2.45) is 0 Å². The minimum absolute atomic E-state index is 0.162. The maximum atomic E-state index is 11.9. The molecule has 0 saturated carbocycles. The number of amides is 1. The Kier molecular flexibility index (Phi) is 5.46. The second-order valence-corrected chi connectivity index (χ2v) is 5.59. The number of nitrogens with zero attached hydrogens (tertiary/aromatic N) is 3. The van der Waals surface area contributed by atoms with E-state index >= 15 is 0 Å². The normalized spacial score (nSPS) is 10.8. The second kappa shape index (κ2) is 7.54. The van der Waals surface area contributed by atoms with Gasteiger partial charge in [0, 0.05) is 31.9 Å². The second-order valence-electron chi connectivity index (χ2n) is 5.59. The smallest absolute Gasteiger partial charge is 0.244 e. The monoisotopic (exact) mass is 310 g/mol. The van der Waals surface area contributed by atoms with Crippen molar-refractivity contribution in [3.63, 3.8) is 0 Å². The molecule has 0 radical (unpaired) electrons. The van der Waals surface area contributed by atoms with Crippen molar-refractivity contribution < 1.29 is 4.79 Å². The van der Waals surface area contributed by atoms with Crippen LogP contribution in [0.1, 0.15) is 22.6 Å². The molecule has 23 heavy (non-hydrogen) atoms. The molecule has 5 nitrogen and oxygen atoms in total. The molecular weight excluding hydrogens is 288 g/mol. The average Bonchev–Trinajstić information content (AvgIpc) is 2.51. The Morgan fingerprint density at radius 3 is 2.65 bits per heavy atom. The molecule has 2 aromatic rings. The lowest BCUT2D eigenvalue weighted by atomic mass is 10.1. The van der Waals surface area contributed by atoms with Crippen molar-refractivity contribution in [1.82, 2.24) is 15.3 Å². The van der Waals surface area contributed by atoms with E-state index < -0.39 is 0 Å². The van der Waals surface area contributed by atoms with E-state index in [2.05, 4.69) is 15.3 Å². The Labute approximate surface area is 137 Å². The van der Waals surface area contributed by atoms with Gasteiger partial charge in [-0.3, -0.25) is 4.79 Å². The number of aryl methyl sites for hydroxylation is 2. The van der Waals surface area contributed by atoms with Crippen LogP contribution >= 0.6 is 0 Å². The van der Waals surface area contributed by atoms with E-state index in [9.17, 15) is 4.79 Å². The van der Waals surface area contributed by atoms with E-state index in [-0.39, 0.29) is 5.91 Å². The predicted molar refractivity (Wildman–Crippen MR) is 93.2 cm³/mol. The van der Waals surface area contributed by atoms with E-state index in [1.165, 1.54) is 6.08 Å².